The summed E-state index contributed by atoms with van der Waals surface area (Å²) in [5.41, 5.74) is 4.77. The van der Waals surface area contributed by atoms with E-state index in [0.29, 0.717) is 18.7 Å². The molecule has 0 bridgehead atoms. The van der Waals surface area contributed by atoms with Gasteiger partial charge in [0.25, 0.3) is 5.91 Å². The average molecular weight is 487 g/mol. The van der Waals surface area contributed by atoms with Crippen LogP contribution in [0.1, 0.15) is 54.5 Å². The zero-order valence-electron chi connectivity index (χ0n) is 20.7. The molecule has 0 saturated heterocycles. The molecule has 1 N–H and O–H groups in total. The van der Waals surface area contributed by atoms with Gasteiger partial charge in [-0.05, 0) is 91.3 Å². The quantitative estimate of drug-likeness (QED) is 0.458. The van der Waals surface area contributed by atoms with Crippen LogP contribution in [0.4, 0.5) is 10.1 Å². The van der Waals surface area contributed by atoms with Crippen molar-refractivity contribution < 1.29 is 18.7 Å². The summed E-state index contributed by atoms with van der Waals surface area (Å²) in [6.45, 7) is 4.52. The summed E-state index contributed by atoms with van der Waals surface area (Å²) in [7, 11) is 0. The zero-order chi connectivity index (χ0) is 25.2. The molecule has 6 heteroatoms. The third-order valence-electron chi connectivity index (χ3n) is 6.97. The molecule has 0 spiro atoms. The first-order valence-corrected chi connectivity index (χ1v) is 12.7. The number of amides is 2. The molecule has 3 aromatic rings. The van der Waals surface area contributed by atoms with Crippen molar-refractivity contribution in [3.05, 3.63) is 94.8 Å². The lowest BCUT2D eigenvalue weighted by molar-refractivity contribution is -0.134. The number of hydrogen-bond acceptors (Lipinski definition) is 3. The van der Waals surface area contributed by atoms with E-state index < -0.39 is 6.10 Å². The van der Waals surface area contributed by atoms with Crippen LogP contribution in [0, 0.1) is 18.7 Å². The molecular formula is C30H31FN2O3. The number of halogens is 1. The van der Waals surface area contributed by atoms with E-state index >= 15 is 0 Å². The number of anilines is 1. The Bertz CT molecular complexity index is 1270. The van der Waals surface area contributed by atoms with Gasteiger partial charge in [0.1, 0.15) is 11.6 Å². The Morgan fingerprint density at radius 1 is 1.08 bits per heavy atom. The molecule has 1 aliphatic heterocycles. The SMILES string of the molecule is CC[C@H](Oc1ccc2c(c1)[C@@H](c1ccc(F)cc1)N(C(=O)C1CC1)CC2)C(=O)Nc1cccc(C)c1. The molecule has 2 aliphatic rings. The number of carbonyl (C=O) groups excluding carboxylic acids is 2. The largest absolute Gasteiger partial charge is 0.481 e. The van der Waals surface area contributed by atoms with Gasteiger partial charge in [-0.3, -0.25) is 9.59 Å². The lowest BCUT2D eigenvalue weighted by Crippen LogP contribution is -2.41. The van der Waals surface area contributed by atoms with E-state index in [0.717, 1.165) is 47.2 Å². The van der Waals surface area contributed by atoms with E-state index in [1.165, 1.54) is 12.1 Å². The van der Waals surface area contributed by atoms with Gasteiger partial charge >= 0.3 is 0 Å². The molecule has 1 heterocycles. The lowest BCUT2D eigenvalue weighted by atomic mass is 9.87. The smallest absolute Gasteiger partial charge is 0.265 e. The Morgan fingerprint density at radius 2 is 1.86 bits per heavy atom. The van der Waals surface area contributed by atoms with Crippen molar-refractivity contribution in [2.24, 2.45) is 5.92 Å². The van der Waals surface area contributed by atoms with Crippen molar-refractivity contribution >= 4 is 17.5 Å². The highest BCUT2D eigenvalue weighted by Gasteiger charge is 2.39. The first kappa shape index (κ1) is 24.0. The Morgan fingerprint density at radius 3 is 2.56 bits per heavy atom. The van der Waals surface area contributed by atoms with Crippen LogP contribution in [0.25, 0.3) is 0 Å². The highest BCUT2D eigenvalue weighted by Crippen LogP contribution is 2.41. The van der Waals surface area contributed by atoms with Gasteiger partial charge in [-0.25, -0.2) is 4.39 Å². The van der Waals surface area contributed by atoms with Gasteiger partial charge in [0, 0.05) is 18.2 Å². The van der Waals surface area contributed by atoms with Crippen LogP contribution in [0.5, 0.6) is 5.75 Å². The molecule has 2 atom stereocenters. The number of ether oxygens (including phenoxy) is 1. The number of benzene rings is 3. The number of aryl methyl sites for hydroxylation is 1. The van der Waals surface area contributed by atoms with Crippen molar-refractivity contribution in [1.82, 2.24) is 4.90 Å². The normalized spacial score (nSPS) is 17.8. The number of fused-ring (bicyclic) bond motifs is 1. The van der Waals surface area contributed by atoms with Crippen LogP contribution >= 0.6 is 0 Å². The molecule has 5 nitrogen and oxygen atoms in total. The first-order valence-electron chi connectivity index (χ1n) is 12.7. The fourth-order valence-corrected chi connectivity index (χ4v) is 4.91. The third kappa shape index (κ3) is 5.13. The van der Waals surface area contributed by atoms with Crippen LogP contribution in [-0.4, -0.2) is 29.4 Å². The minimum Gasteiger partial charge on any atom is -0.481 e. The molecule has 1 saturated carbocycles. The molecule has 5 rings (SSSR count). The zero-order valence-corrected chi connectivity index (χ0v) is 20.7. The van der Waals surface area contributed by atoms with Gasteiger partial charge in [-0.2, -0.15) is 0 Å². The van der Waals surface area contributed by atoms with Crippen LogP contribution < -0.4 is 10.1 Å². The summed E-state index contributed by atoms with van der Waals surface area (Å²) >= 11 is 0. The minimum atomic E-state index is -0.666. The topological polar surface area (TPSA) is 58.6 Å². The predicted molar refractivity (Wildman–Crippen MR) is 137 cm³/mol. The second-order valence-corrected chi connectivity index (χ2v) is 9.74. The molecule has 0 aromatic heterocycles. The Kier molecular flexibility index (Phi) is 6.77. The first-order chi connectivity index (χ1) is 17.4. The molecule has 186 valence electrons. The molecule has 3 aromatic carbocycles. The van der Waals surface area contributed by atoms with Crippen LogP contribution in [0.3, 0.4) is 0 Å². The van der Waals surface area contributed by atoms with Gasteiger partial charge in [-0.15, -0.1) is 0 Å². The summed E-state index contributed by atoms with van der Waals surface area (Å²) in [5, 5.41) is 2.95. The van der Waals surface area contributed by atoms with Gasteiger partial charge in [0.2, 0.25) is 5.91 Å². The van der Waals surface area contributed by atoms with E-state index in [1.807, 2.05) is 61.2 Å². The standard InChI is InChI=1S/C30H31FN2O3/c1-3-27(29(34)32-24-6-4-5-19(2)17-24)36-25-14-11-20-15-16-33(30(35)22-7-8-22)28(26(20)18-25)21-9-12-23(31)13-10-21/h4-6,9-14,17-18,22,27-28H,3,7-8,15-16H2,1-2H3,(H,32,34)/t27-,28+/m0/s1. The van der Waals surface area contributed by atoms with Crippen molar-refractivity contribution in [2.45, 2.75) is 51.7 Å². The van der Waals surface area contributed by atoms with E-state index in [2.05, 4.69) is 5.32 Å². The van der Waals surface area contributed by atoms with E-state index in [1.54, 1.807) is 12.1 Å². The molecule has 1 fully saturated rings. The van der Waals surface area contributed by atoms with Crippen molar-refractivity contribution in [3.63, 3.8) is 0 Å². The minimum absolute atomic E-state index is 0.0868. The highest BCUT2D eigenvalue weighted by atomic mass is 19.1. The van der Waals surface area contributed by atoms with E-state index in [-0.39, 0.29) is 29.6 Å². The average Bonchev–Trinajstić information content (AvgIpc) is 3.72. The third-order valence-corrected chi connectivity index (χ3v) is 6.97. The molecular weight excluding hydrogens is 455 g/mol. The van der Waals surface area contributed by atoms with Gasteiger partial charge in [0.15, 0.2) is 6.10 Å². The summed E-state index contributed by atoms with van der Waals surface area (Å²) in [6.07, 6.45) is 2.44. The fourth-order valence-electron chi connectivity index (χ4n) is 4.91. The molecule has 36 heavy (non-hydrogen) atoms. The van der Waals surface area contributed by atoms with Crippen molar-refractivity contribution in [3.8, 4) is 5.75 Å². The predicted octanol–water partition coefficient (Wildman–Crippen LogP) is 5.81. The monoisotopic (exact) mass is 486 g/mol. The van der Waals surface area contributed by atoms with Gasteiger partial charge < -0.3 is 15.0 Å². The summed E-state index contributed by atoms with van der Waals surface area (Å²) in [5.74, 6) is 0.306. The summed E-state index contributed by atoms with van der Waals surface area (Å²) < 4.78 is 19.9. The van der Waals surface area contributed by atoms with E-state index in [9.17, 15) is 14.0 Å². The second-order valence-electron chi connectivity index (χ2n) is 9.74. The number of hydrogen-bond donors (Lipinski definition) is 1. The molecule has 2 amide bonds. The van der Waals surface area contributed by atoms with Crippen molar-refractivity contribution in [2.75, 3.05) is 11.9 Å². The van der Waals surface area contributed by atoms with Crippen LogP contribution in [0.2, 0.25) is 0 Å². The second kappa shape index (κ2) is 10.1. The van der Waals surface area contributed by atoms with Gasteiger partial charge in [0.05, 0.1) is 6.04 Å². The summed E-state index contributed by atoms with van der Waals surface area (Å²) in [6, 6.07) is 19.6. The molecule has 0 radical (unpaired) electrons. The number of carbonyl (C=O) groups is 2. The van der Waals surface area contributed by atoms with Gasteiger partial charge in [-0.1, -0.05) is 37.3 Å². The number of nitrogens with one attached hydrogen (secondary N) is 1. The van der Waals surface area contributed by atoms with Crippen LogP contribution in [0.15, 0.2) is 66.7 Å². The maximum absolute atomic E-state index is 13.7. The number of nitrogens with zero attached hydrogens (tertiary/aromatic N) is 1. The maximum atomic E-state index is 13.7. The maximum Gasteiger partial charge on any atom is 0.265 e. The molecule has 0 unspecified atom stereocenters. The Labute approximate surface area is 211 Å². The Balaban J connectivity index is 1.42. The lowest BCUT2D eigenvalue weighted by Gasteiger charge is -2.38. The van der Waals surface area contributed by atoms with Crippen LogP contribution in [-0.2, 0) is 16.0 Å². The number of rotatable bonds is 7. The van der Waals surface area contributed by atoms with E-state index in [4.69, 9.17) is 4.74 Å². The molecule has 1 aliphatic carbocycles. The van der Waals surface area contributed by atoms with Crippen molar-refractivity contribution in [1.29, 1.82) is 0 Å². The fraction of sp³-hybridized carbons (Fsp3) is 0.333. The summed E-state index contributed by atoms with van der Waals surface area (Å²) in [4.78, 5) is 28.1. The highest BCUT2D eigenvalue weighted by molar-refractivity contribution is 5.94. The Hall–Kier alpha value is -3.67.